The predicted octanol–water partition coefficient (Wildman–Crippen LogP) is 3.32. The molecule has 3 N–H and O–H groups in total. The number of fused-ring (bicyclic) bond motifs is 1. The monoisotopic (exact) mass is 424 g/mol. The molecule has 2 aromatic rings. The molecule has 0 aliphatic carbocycles. The molecule has 1 amide bonds. The summed E-state index contributed by atoms with van der Waals surface area (Å²) in [4.78, 5) is 16.8. The van der Waals surface area contributed by atoms with E-state index in [0.29, 0.717) is 13.0 Å². The minimum absolute atomic E-state index is 0.0479. The second-order valence-corrected chi connectivity index (χ2v) is 7.48. The maximum absolute atomic E-state index is 12.0. The van der Waals surface area contributed by atoms with Crippen LogP contribution in [-0.2, 0) is 11.2 Å². The van der Waals surface area contributed by atoms with E-state index in [2.05, 4.69) is 28.1 Å². The van der Waals surface area contributed by atoms with E-state index in [9.17, 15) is 4.79 Å². The van der Waals surface area contributed by atoms with Crippen molar-refractivity contribution in [2.24, 2.45) is 4.99 Å². The van der Waals surface area contributed by atoms with E-state index in [1.165, 1.54) is 5.56 Å². The van der Waals surface area contributed by atoms with Gasteiger partial charge in [0.25, 0.3) is 0 Å². The Kier molecular flexibility index (Phi) is 8.15. The molecule has 7 nitrogen and oxygen atoms in total. The van der Waals surface area contributed by atoms with Gasteiger partial charge in [-0.05, 0) is 49.1 Å². The Bertz CT molecular complexity index is 913. The van der Waals surface area contributed by atoms with Crippen molar-refractivity contribution in [1.29, 1.82) is 0 Å². The molecule has 0 bridgehead atoms. The Labute approximate surface area is 184 Å². The molecular weight excluding hydrogens is 392 g/mol. The zero-order chi connectivity index (χ0) is 22.1. The number of amides is 1. The molecule has 7 heteroatoms. The third kappa shape index (κ3) is 6.13. The van der Waals surface area contributed by atoms with Crippen LogP contribution in [0.2, 0.25) is 0 Å². The Morgan fingerprint density at radius 2 is 1.94 bits per heavy atom. The lowest BCUT2D eigenvalue weighted by molar-refractivity contribution is -0.116. The van der Waals surface area contributed by atoms with Crippen molar-refractivity contribution in [3.05, 3.63) is 53.6 Å². The fourth-order valence-electron chi connectivity index (χ4n) is 3.74. The number of hydrogen-bond donors (Lipinski definition) is 3. The van der Waals surface area contributed by atoms with E-state index < -0.39 is 0 Å². The second-order valence-electron chi connectivity index (χ2n) is 7.48. The summed E-state index contributed by atoms with van der Waals surface area (Å²) in [5.74, 6) is 2.40. The van der Waals surface area contributed by atoms with Crippen molar-refractivity contribution in [1.82, 2.24) is 10.6 Å². The molecular formula is C24H32N4O3. The number of nitrogens with zero attached hydrogens (tertiary/aromatic N) is 1. The lowest BCUT2D eigenvalue weighted by atomic mass is 9.91. The highest BCUT2D eigenvalue weighted by Gasteiger charge is 2.24. The first-order chi connectivity index (χ1) is 15.1. The average molecular weight is 425 g/mol. The van der Waals surface area contributed by atoms with Crippen molar-refractivity contribution in [3.63, 3.8) is 0 Å². The maximum Gasteiger partial charge on any atom is 0.225 e. The van der Waals surface area contributed by atoms with Crippen molar-refractivity contribution in [2.75, 3.05) is 39.2 Å². The molecule has 166 valence electrons. The largest absolute Gasteiger partial charge is 0.493 e. The summed E-state index contributed by atoms with van der Waals surface area (Å²) in [6.07, 6.45) is 2.33. The van der Waals surface area contributed by atoms with Gasteiger partial charge in [-0.3, -0.25) is 9.79 Å². The van der Waals surface area contributed by atoms with Gasteiger partial charge in [0, 0.05) is 31.1 Å². The number of methoxy groups -OCH3 is 2. The molecule has 2 aromatic carbocycles. The normalized spacial score (nSPS) is 15.6. The molecule has 3 rings (SSSR count). The molecule has 0 spiro atoms. The Morgan fingerprint density at radius 3 is 2.71 bits per heavy atom. The van der Waals surface area contributed by atoms with Gasteiger partial charge in [0.05, 0.1) is 20.8 Å². The summed E-state index contributed by atoms with van der Waals surface area (Å²) < 4.78 is 10.7. The smallest absolute Gasteiger partial charge is 0.225 e. The lowest BCUT2D eigenvalue weighted by Gasteiger charge is -2.24. The van der Waals surface area contributed by atoms with Gasteiger partial charge in [0.2, 0.25) is 5.91 Å². The third-order valence-electron chi connectivity index (χ3n) is 5.30. The molecule has 0 aromatic heterocycles. The van der Waals surface area contributed by atoms with Gasteiger partial charge in [-0.15, -0.1) is 0 Å². The highest BCUT2D eigenvalue weighted by Crippen LogP contribution is 2.32. The Hall–Kier alpha value is -3.22. The SMILES string of the molecule is CCNC(=NCC1CC(=O)Nc2ccccc21)NCCCc1ccc(OC)c(OC)c1. The van der Waals surface area contributed by atoms with Gasteiger partial charge in [0.1, 0.15) is 0 Å². The minimum atomic E-state index is 0.0479. The van der Waals surface area contributed by atoms with Crippen molar-refractivity contribution >= 4 is 17.6 Å². The van der Waals surface area contributed by atoms with Crippen molar-refractivity contribution in [2.45, 2.75) is 32.1 Å². The number of aliphatic imine (C=N–C) groups is 1. The summed E-state index contributed by atoms with van der Waals surface area (Å²) in [5.41, 5.74) is 3.24. The first kappa shape index (κ1) is 22.5. The lowest BCUT2D eigenvalue weighted by Crippen LogP contribution is -2.38. The number of aryl methyl sites for hydroxylation is 1. The van der Waals surface area contributed by atoms with Crippen LogP contribution >= 0.6 is 0 Å². The van der Waals surface area contributed by atoms with Crippen LogP contribution < -0.4 is 25.4 Å². The van der Waals surface area contributed by atoms with Gasteiger partial charge in [-0.25, -0.2) is 0 Å². The molecule has 1 aliphatic heterocycles. The van der Waals surface area contributed by atoms with Crippen LogP contribution in [-0.4, -0.2) is 45.7 Å². The van der Waals surface area contributed by atoms with Crippen LogP contribution in [0.4, 0.5) is 5.69 Å². The number of ether oxygens (including phenoxy) is 2. The quantitative estimate of drug-likeness (QED) is 0.327. The fraction of sp³-hybridized carbons (Fsp3) is 0.417. The number of nitrogens with one attached hydrogen (secondary N) is 3. The van der Waals surface area contributed by atoms with E-state index in [1.807, 2.05) is 37.3 Å². The van der Waals surface area contributed by atoms with Crippen LogP contribution in [0.3, 0.4) is 0 Å². The summed E-state index contributed by atoms with van der Waals surface area (Å²) in [7, 11) is 3.29. The zero-order valence-corrected chi connectivity index (χ0v) is 18.5. The molecule has 0 saturated heterocycles. The van der Waals surface area contributed by atoms with E-state index >= 15 is 0 Å². The standard InChI is InChI=1S/C24H32N4O3/c1-4-25-24(26-13-7-8-17-11-12-21(30-2)22(14-17)31-3)27-16-18-15-23(29)28-20-10-6-5-9-19(18)20/h5-6,9-12,14,18H,4,7-8,13,15-16H2,1-3H3,(H,28,29)(H2,25,26,27). The highest BCUT2D eigenvalue weighted by molar-refractivity contribution is 5.94. The van der Waals surface area contributed by atoms with Gasteiger partial charge >= 0.3 is 0 Å². The van der Waals surface area contributed by atoms with E-state index in [-0.39, 0.29) is 11.8 Å². The summed E-state index contributed by atoms with van der Waals surface area (Å²) >= 11 is 0. The Morgan fingerprint density at radius 1 is 1.13 bits per heavy atom. The predicted molar refractivity (Wildman–Crippen MR) is 124 cm³/mol. The number of carbonyl (C=O) groups excluding carboxylic acids is 1. The number of benzene rings is 2. The first-order valence-electron chi connectivity index (χ1n) is 10.8. The maximum atomic E-state index is 12.0. The van der Waals surface area contributed by atoms with Crippen LogP contribution in [0.15, 0.2) is 47.5 Å². The number of guanidine groups is 1. The van der Waals surface area contributed by atoms with E-state index in [4.69, 9.17) is 14.5 Å². The number of anilines is 1. The van der Waals surface area contributed by atoms with Crippen LogP contribution in [0.25, 0.3) is 0 Å². The summed E-state index contributed by atoms with van der Waals surface area (Å²) in [5, 5.41) is 9.63. The third-order valence-corrected chi connectivity index (χ3v) is 5.30. The molecule has 0 radical (unpaired) electrons. The topological polar surface area (TPSA) is 84.0 Å². The van der Waals surface area contributed by atoms with Crippen molar-refractivity contribution in [3.8, 4) is 11.5 Å². The van der Waals surface area contributed by atoms with E-state index in [1.54, 1.807) is 14.2 Å². The summed E-state index contributed by atoms with van der Waals surface area (Å²) in [6.45, 7) is 4.19. The molecule has 0 saturated carbocycles. The van der Waals surface area contributed by atoms with Crippen LogP contribution in [0.5, 0.6) is 11.5 Å². The van der Waals surface area contributed by atoms with Gasteiger partial charge in [-0.2, -0.15) is 0 Å². The fourth-order valence-corrected chi connectivity index (χ4v) is 3.74. The van der Waals surface area contributed by atoms with Crippen LogP contribution in [0.1, 0.15) is 36.8 Å². The summed E-state index contributed by atoms with van der Waals surface area (Å²) in [6, 6.07) is 14.0. The highest BCUT2D eigenvalue weighted by atomic mass is 16.5. The minimum Gasteiger partial charge on any atom is -0.493 e. The van der Waals surface area contributed by atoms with Gasteiger partial charge < -0.3 is 25.4 Å². The molecule has 0 fully saturated rings. The molecule has 1 heterocycles. The first-order valence-corrected chi connectivity index (χ1v) is 10.8. The second kappa shape index (κ2) is 11.2. The van der Waals surface area contributed by atoms with Crippen molar-refractivity contribution < 1.29 is 14.3 Å². The van der Waals surface area contributed by atoms with Gasteiger partial charge in [-0.1, -0.05) is 24.3 Å². The molecule has 1 aliphatic rings. The average Bonchev–Trinajstić information content (AvgIpc) is 2.79. The number of para-hydroxylation sites is 1. The number of carbonyl (C=O) groups is 1. The molecule has 1 atom stereocenters. The Balaban J connectivity index is 1.54. The number of hydrogen-bond acceptors (Lipinski definition) is 4. The van der Waals surface area contributed by atoms with Gasteiger partial charge in [0.15, 0.2) is 17.5 Å². The molecule has 1 unspecified atom stereocenters. The number of rotatable bonds is 9. The van der Waals surface area contributed by atoms with E-state index in [0.717, 1.165) is 54.6 Å². The zero-order valence-electron chi connectivity index (χ0n) is 18.5. The van der Waals surface area contributed by atoms with Crippen LogP contribution in [0, 0.1) is 0 Å². The molecule has 31 heavy (non-hydrogen) atoms.